The average molecular weight is 278 g/mol. The van der Waals surface area contributed by atoms with Crippen molar-refractivity contribution in [3.8, 4) is 0 Å². The summed E-state index contributed by atoms with van der Waals surface area (Å²) in [6, 6.07) is 7.88. The third kappa shape index (κ3) is 2.79. The van der Waals surface area contributed by atoms with Gasteiger partial charge in [0.25, 0.3) is 0 Å². The number of hydrogen-bond acceptors (Lipinski definition) is 3. The number of aromatic nitrogens is 2. The van der Waals surface area contributed by atoms with Gasteiger partial charge >= 0.3 is 0 Å². The fraction of sp³-hybridized carbons (Fsp3) is 0.167. The van der Waals surface area contributed by atoms with E-state index in [4.69, 9.17) is 0 Å². The van der Waals surface area contributed by atoms with Crippen molar-refractivity contribution in [3.63, 3.8) is 0 Å². The van der Waals surface area contributed by atoms with Crippen molar-refractivity contribution >= 4 is 21.7 Å². The molecule has 0 saturated heterocycles. The van der Waals surface area contributed by atoms with Crippen LogP contribution in [0.2, 0.25) is 0 Å². The zero-order valence-corrected chi connectivity index (χ0v) is 10.5. The largest absolute Gasteiger partial charge is 0.364 e. The summed E-state index contributed by atoms with van der Waals surface area (Å²) in [6.45, 7) is 2.73. The molecule has 0 aliphatic rings. The Bertz CT molecular complexity index is 471. The van der Waals surface area contributed by atoms with Gasteiger partial charge in [0.15, 0.2) is 0 Å². The van der Waals surface area contributed by atoms with E-state index in [-0.39, 0.29) is 0 Å². The van der Waals surface area contributed by atoms with Crippen LogP contribution in [0.3, 0.4) is 0 Å². The van der Waals surface area contributed by atoms with Crippen LogP contribution in [-0.4, -0.2) is 9.97 Å². The van der Waals surface area contributed by atoms with E-state index in [1.165, 1.54) is 5.56 Å². The molecule has 0 amide bonds. The van der Waals surface area contributed by atoms with Gasteiger partial charge in [-0.05, 0) is 46.6 Å². The van der Waals surface area contributed by atoms with E-state index >= 15 is 0 Å². The lowest BCUT2D eigenvalue weighted by molar-refractivity contribution is 1.03. The maximum atomic E-state index is 4.27. The molecular weight excluding hydrogens is 266 g/mol. The summed E-state index contributed by atoms with van der Waals surface area (Å²) >= 11 is 3.42. The smallest absolute Gasteiger partial charge is 0.126 e. The monoisotopic (exact) mass is 277 g/mol. The van der Waals surface area contributed by atoms with E-state index in [0.717, 1.165) is 16.0 Å². The highest BCUT2D eigenvalue weighted by atomic mass is 79.9. The first-order valence-corrected chi connectivity index (χ1v) is 5.81. The van der Waals surface area contributed by atoms with Crippen molar-refractivity contribution < 1.29 is 0 Å². The molecular formula is C12H12BrN3. The number of nitrogens with zero attached hydrogens (tertiary/aromatic N) is 2. The van der Waals surface area contributed by atoms with Gasteiger partial charge in [-0.1, -0.05) is 6.07 Å². The normalized spacial score (nSPS) is 10.1. The molecule has 3 nitrogen and oxygen atoms in total. The minimum atomic E-state index is 0.689. The minimum absolute atomic E-state index is 0.689. The standard InChI is InChI=1S/C12H12BrN3/c1-9-6-12(16-8-11(9)13)15-7-10-4-2-3-5-14-10/h2-6,8H,7H2,1H3,(H,15,16). The molecule has 2 rings (SSSR count). The molecule has 0 bridgehead atoms. The minimum Gasteiger partial charge on any atom is -0.364 e. The Labute approximate surface area is 103 Å². The van der Waals surface area contributed by atoms with Gasteiger partial charge in [0.2, 0.25) is 0 Å². The van der Waals surface area contributed by atoms with Crippen LogP contribution in [0, 0.1) is 6.92 Å². The first-order chi connectivity index (χ1) is 7.75. The summed E-state index contributed by atoms with van der Waals surface area (Å²) in [6.07, 6.45) is 3.59. The highest BCUT2D eigenvalue weighted by Gasteiger charge is 1.99. The molecule has 4 heteroatoms. The molecule has 0 spiro atoms. The maximum Gasteiger partial charge on any atom is 0.126 e. The van der Waals surface area contributed by atoms with Crippen molar-refractivity contribution in [1.82, 2.24) is 9.97 Å². The maximum absolute atomic E-state index is 4.27. The molecule has 0 atom stereocenters. The molecule has 0 radical (unpaired) electrons. The lowest BCUT2D eigenvalue weighted by atomic mass is 10.3. The van der Waals surface area contributed by atoms with Gasteiger partial charge in [-0.2, -0.15) is 0 Å². The fourth-order valence-electron chi connectivity index (χ4n) is 1.32. The van der Waals surface area contributed by atoms with Crippen LogP contribution in [0.5, 0.6) is 0 Å². The topological polar surface area (TPSA) is 37.8 Å². The number of nitrogens with one attached hydrogen (secondary N) is 1. The van der Waals surface area contributed by atoms with E-state index in [0.29, 0.717) is 6.54 Å². The predicted molar refractivity (Wildman–Crippen MR) is 68.2 cm³/mol. The number of anilines is 1. The number of hydrogen-bond donors (Lipinski definition) is 1. The Hall–Kier alpha value is -1.42. The summed E-state index contributed by atoms with van der Waals surface area (Å²) in [5.74, 6) is 0.867. The van der Waals surface area contributed by atoms with Crippen LogP contribution in [0.25, 0.3) is 0 Å². The quantitative estimate of drug-likeness (QED) is 0.937. The third-order valence-electron chi connectivity index (χ3n) is 2.22. The van der Waals surface area contributed by atoms with Gasteiger partial charge in [0, 0.05) is 16.9 Å². The number of halogens is 1. The summed E-state index contributed by atoms with van der Waals surface area (Å²) in [5.41, 5.74) is 2.17. The molecule has 0 fully saturated rings. The Morgan fingerprint density at radius 1 is 1.31 bits per heavy atom. The first kappa shape index (κ1) is 11.1. The van der Waals surface area contributed by atoms with Crippen LogP contribution >= 0.6 is 15.9 Å². The van der Waals surface area contributed by atoms with Crippen molar-refractivity contribution in [2.24, 2.45) is 0 Å². The predicted octanol–water partition coefficient (Wildman–Crippen LogP) is 3.16. The molecule has 0 aliphatic carbocycles. The van der Waals surface area contributed by atoms with Gasteiger partial charge < -0.3 is 5.32 Å². The Kier molecular flexibility index (Phi) is 3.51. The highest BCUT2D eigenvalue weighted by molar-refractivity contribution is 9.10. The van der Waals surface area contributed by atoms with Crippen LogP contribution in [0.1, 0.15) is 11.3 Å². The summed E-state index contributed by atoms with van der Waals surface area (Å²) in [5, 5.41) is 3.23. The zero-order chi connectivity index (χ0) is 11.4. The molecule has 2 heterocycles. The Morgan fingerprint density at radius 3 is 2.88 bits per heavy atom. The Morgan fingerprint density at radius 2 is 2.19 bits per heavy atom. The molecule has 16 heavy (non-hydrogen) atoms. The van der Waals surface area contributed by atoms with E-state index in [1.807, 2.05) is 31.2 Å². The van der Waals surface area contributed by atoms with Crippen LogP contribution in [-0.2, 0) is 6.54 Å². The SMILES string of the molecule is Cc1cc(NCc2ccccn2)ncc1Br. The van der Waals surface area contributed by atoms with E-state index in [1.54, 1.807) is 12.4 Å². The second kappa shape index (κ2) is 5.07. The Balaban J connectivity index is 2.03. The molecule has 2 aromatic heterocycles. The molecule has 0 unspecified atom stereocenters. The van der Waals surface area contributed by atoms with Crippen molar-refractivity contribution in [3.05, 3.63) is 52.4 Å². The summed E-state index contributed by atoms with van der Waals surface area (Å²) < 4.78 is 1.02. The van der Waals surface area contributed by atoms with Crippen LogP contribution < -0.4 is 5.32 Å². The zero-order valence-electron chi connectivity index (χ0n) is 8.94. The van der Waals surface area contributed by atoms with E-state index in [9.17, 15) is 0 Å². The van der Waals surface area contributed by atoms with Gasteiger partial charge in [-0.25, -0.2) is 4.98 Å². The average Bonchev–Trinajstić information content (AvgIpc) is 2.32. The number of aryl methyl sites for hydroxylation is 1. The van der Waals surface area contributed by atoms with Crippen molar-refractivity contribution in [1.29, 1.82) is 0 Å². The van der Waals surface area contributed by atoms with E-state index < -0.39 is 0 Å². The van der Waals surface area contributed by atoms with E-state index in [2.05, 4.69) is 31.2 Å². The second-order valence-electron chi connectivity index (χ2n) is 3.49. The second-order valence-corrected chi connectivity index (χ2v) is 4.35. The number of rotatable bonds is 3. The lowest BCUT2D eigenvalue weighted by Crippen LogP contribution is -2.02. The molecule has 1 N–H and O–H groups in total. The molecule has 0 saturated carbocycles. The molecule has 2 aromatic rings. The third-order valence-corrected chi connectivity index (χ3v) is 3.05. The highest BCUT2D eigenvalue weighted by Crippen LogP contribution is 2.17. The van der Waals surface area contributed by atoms with Gasteiger partial charge in [-0.3, -0.25) is 4.98 Å². The summed E-state index contributed by atoms with van der Waals surface area (Å²) in [4.78, 5) is 8.50. The van der Waals surface area contributed by atoms with Gasteiger partial charge in [0.05, 0.1) is 12.2 Å². The molecule has 82 valence electrons. The van der Waals surface area contributed by atoms with Gasteiger partial charge in [-0.15, -0.1) is 0 Å². The van der Waals surface area contributed by atoms with Crippen LogP contribution in [0.4, 0.5) is 5.82 Å². The molecule has 0 aromatic carbocycles. The van der Waals surface area contributed by atoms with Gasteiger partial charge in [0.1, 0.15) is 5.82 Å². The molecule has 0 aliphatic heterocycles. The van der Waals surface area contributed by atoms with Crippen molar-refractivity contribution in [2.75, 3.05) is 5.32 Å². The summed E-state index contributed by atoms with van der Waals surface area (Å²) in [7, 11) is 0. The van der Waals surface area contributed by atoms with Crippen LogP contribution in [0.15, 0.2) is 41.1 Å². The first-order valence-electron chi connectivity index (χ1n) is 5.01. The lowest BCUT2D eigenvalue weighted by Gasteiger charge is -2.06. The van der Waals surface area contributed by atoms with Crippen molar-refractivity contribution in [2.45, 2.75) is 13.5 Å². The fourth-order valence-corrected chi connectivity index (χ4v) is 1.54. The number of pyridine rings is 2.